The monoisotopic (exact) mass is 324 g/mol. The Labute approximate surface area is 137 Å². The van der Waals surface area contributed by atoms with Crippen molar-refractivity contribution in [2.75, 3.05) is 5.32 Å². The first kappa shape index (κ1) is 15.1. The maximum absolute atomic E-state index is 12.3. The molecule has 0 spiro atoms. The molecule has 1 heterocycles. The number of ether oxygens (including phenoxy) is 1. The van der Waals surface area contributed by atoms with E-state index in [4.69, 9.17) is 10.00 Å². The van der Waals surface area contributed by atoms with Gasteiger partial charge >= 0.3 is 5.97 Å². The van der Waals surface area contributed by atoms with Gasteiger partial charge < -0.3 is 10.1 Å². The molecule has 3 rings (SSSR count). The lowest BCUT2D eigenvalue weighted by atomic mass is 10.2. The third kappa shape index (κ3) is 3.05. The van der Waals surface area contributed by atoms with Crippen LogP contribution >= 0.6 is 11.8 Å². The van der Waals surface area contributed by atoms with Gasteiger partial charge in [-0.3, -0.25) is 4.79 Å². The van der Waals surface area contributed by atoms with Crippen molar-refractivity contribution in [3.8, 4) is 11.8 Å². The Balaban J connectivity index is 1.85. The maximum Gasteiger partial charge on any atom is 0.343 e. The Hall–Kier alpha value is -2.78. The molecule has 0 unspecified atom stereocenters. The fourth-order valence-electron chi connectivity index (χ4n) is 2.14. The van der Waals surface area contributed by atoms with Gasteiger partial charge in [0.15, 0.2) is 0 Å². The topological polar surface area (TPSA) is 79.2 Å². The van der Waals surface area contributed by atoms with Gasteiger partial charge in [-0.15, -0.1) is 11.8 Å². The van der Waals surface area contributed by atoms with E-state index in [2.05, 4.69) is 5.32 Å². The van der Waals surface area contributed by atoms with E-state index in [-0.39, 0.29) is 22.5 Å². The lowest BCUT2D eigenvalue weighted by molar-refractivity contribution is -0.115. The molecule has 6 heteroatoms. The van der Waals surface area contributed by atoms with Crippen molar-refractivity contribution >= 4 is 29.3 Å². The van der Waals surface area contributed by atoms with Crippen LogP contribution in [0.5, 0.6) is 5.75 Å². The number of esters is 1. The number of rotatable bonds is 2. The molecule has 0 aliphatic carbocycles. The summed E-state index contributed by atoms with van der Waals surface area (Å²) in [5.74, 6) is -0.457. The molecular weight excluding hydrogens is 312 g/mol. The van der Waals surface area contributed by atoms with E-state index in [0.717, 1.165) is 4.90 Å². The van der Waals surface area contributed by atoms with Crippen LogP contribution in [-0.4, -0.2) is 17.1 Å². The fraction of sp³-hybridized carbons (Fsp3) is 0.118. The normalized spacial score (nSPS) is 16.0. The SMILES string of the molecule is C[C@H]1Sc2ccc(C(=O)Oc3ccccc3C#N)cc2NC1=O. The zero-order chi connectivity index (χ0) is 16.4. The number of carbonyl (C=O) groups excluding carboxylic acids is 2. The van der Waals surface area contributed by atoms with Gasteiger partial charge in [-0.25, -0.2) is 4.79 Å². The summed E-state index contributed by atoms with van der Waals surface area (Å²) in [5, 5.41) is 11.6. The smallest absolute Gasteiger partial charge is 0.343 e. The highest BCUT2D eigenvalue weighted by atomic mass is 32.2. The summed E-state index contributed by atoms with van der Waals surface area (Å²) in [6.45, 7) is 1.82. The summed E-state index contributed by atoms with van der Waals surface area (Å²) in [5.41, 5.74) is 1.20. The second-order valence-corrected chi connectivity index (χ2v) is 6.34. The number of carbonyl (C=O) groups is 2. The van der Waals surface area contributed by atoms with Gasteiger partial charge in [-0.2, -0.15) is 5.26 Å². The van der Waals surface area contributed by atoms with Gasteiger partial charge in [0, 0.05) is 4.90 Å². The van der Waals surface area contributed by atoms with Crippen molar-refractivity contribution in [2.45, 2.75) is 17.1 Å². The number of benzene rings is 2. The first-order valence-corrected chi connectivity index (χ1v) is 7.79. The summed E-state index contributed by atoms with van der Waals surface area (Å²) in [7, 11) is 0. The number of fused-ring (bicyclic) bond motifs is 1. The predicted octanol–water partition coefficient (Wildman–Crippen LogP) is 3.21. The van der Waals surface area contributed by atoms with Gasteiger partial charge in [-0.05, 0) is 37.3 Å². The molecule has 2 aromatic rings. The molecule has 0 saturated carbocycles. The van der Waals surface area contributed by atoms with Crippen LogP contribution in [0.4, 0.5) is 5.69 Å². The minimum atomic E-state index is -0.576. The summed E-state index contributed by atoms with van der Waals surface area (Å²) in [6.07, 6.45) is 0. The maximum atomic E-state index is 12.3. The van der Waals surface area contributed by atoms with Crippen LogP contribution in [-0.2, 0) is 4.79 Å². The van der Waals surface area contributed by atoms with E-state index in [1.54, 1.807) is 42.5 Å². The number of nitrogens with one attached hydrogen (secondary N) is 1. The zero-order valence-electron chi connectivity index (χ0n) is 12.2. The minimum Gasteiger partial charge on any atom is -0.422 e. The number of hydrogen-bond acceptors (Lipinski definition) is 5. The fourth-order valence-corrected chi connectivity index (χ4v) is 3.07. The second kappa shape index (κ2) is 6.15. The van der Waals surface area contributed by atoms with E-state index >= 15 is 0 Å². The summed E-state index contributed by atoms with van der Waals surface area (Å²) >= 11 is 1.44. The van der Waals surface area contributed by atoms with Crippen LogP contribution in [0, 0.1) is 11.3 Å². The molecule has 114 valence electrons. The molecule has 1 amide bonds. The van der Waals surface area contributed by atoms with Crippen molar-refractivity contribution < 1.29 is 14.3 Å². The van der Waals surface area contributed by atoms with Crippen molar-refractivity contribution in [3.63, 3.8) is 0 Å². The number of anilines is 1. The van der Waals surface area contributed by atoms with Gasteiger partial charge in [-0.1, -0.05) is 12.1 Å². The molecule has 23 heavy (non-hydrogen) atoms. The highest BCUT2D eigenvalue weighted by Crippen LogP contribution is 2.36. The number of thioether (sulfide) groups is 1. The van der Waals surface area contributed by atoms with Crippen molar-refractivity contribution in [1.82, 2.24) is 0 Å². The average molecular weight is 324 g/mol. The number of nitrogens with zero attached hydrogens (tertiary/aromatic N) is 1. The Morgan fingerprint density at radius 2 is 2.09 bits per heavy atom. The van der Waals surface area contributed by atoms with Crippen LogP contribution in [0.15, 0.2) is 47.4 Å². The highest BCUT2D eigenvalue weighted by Gasteiger charge is 2.24. The van der Waals surface area contributed by atoms with Gasteiger partial charge in [0.25, 0.3) is 0 Å². The summed E-state index contributed by atoms with van der Waals surface area (Å²) < 4.78 is 5.28. The molecule has 1 aliphatic rings. The van der Waals surface area contributed by atoms with E-state index in [0.29, 0.717) is 11.3 Å². The molecule has 1 aliphatic heterocycles. The molecule has 0 bridgehead atoms. The minimum absolute atomic E-state index is 0.0946. The molecule has 0 fully saturated rings. The number of para-hydroxylation sites is 1. The first-order valence-electron chi connectivity index (χ1n) is 6.91. The van der Waals surface area contributed by atoms with Gasteiger partial charge in [0.2, 0.25) is 5.91 Å². The third-order valence-electron chi connectivity index (χ3n) is 3.36. The van der Waals surface area contributed by atoms with E-state index in [1.165, 1.54) is 11.8 Å². The van der Waals surface area contributed by atoms with Crippen LogP contribution in [0.2, 0.25) is 0 Å². The van der Waals surface area contributed by atoms with Crippen molar-refractivity contribution in [2.24, 2.45) is 0 Å². The Kier molecular flexibility index (Phi) is 4.04. The molecule has 1 N–H and O–H groups in total. The molecule has 0 aromatic heterocycles. The van der Waals surface area contributed by atoms with Crippen LogP contribution in [0.1, 0.15) is 22.8 Å². The highest BCUT2D eigenvalue weighted by molar-refractivity contribution is 8.00. The summed E-state index contributed by atoms with van der Waals surface area (Å²) in [4.78, 5) is 24.9. The molecule has 0 saturated heterocycles. The zero-order valence-corrected chi connectivity index (χ0v) is 13.0. The van der Waals surface area contributed by atoms with Crippen LogP contribution in [0.25, 0.3) is 0 Å². The predicted molar refractivity (Wildman–Crippen MR) is 86.5 cm³/mol. The largest absolute Gasteiger partial charge is 0.422 e. The second-order valence-electron chi connectivity index (χ2n) is 4.96. The van der Waals surface area contributed by atoms with Gasteiger partial charge in [0.05, 0.1) is 22.1 Å². The number of nitriles is 1. The van der Waals surface area contributed by atoms with Crippen molar-refractivity contribution in [1.29, 1.82) is 5.26 Å². The third-order valence-corrected chi connectivity index (χ3v) is 4.53. The first-order chi connectivity index (χ1) is 11.1. The van der Waals surface area contributed by atoms with Gasteiger partial charge in [0.1, 0.15) is 11.8 Å². The lowest BCUT2D eigenvalue weighted by Gasteiger charge is -2.21. The molecule has 0 radical (unpaired) electrons. The Morgan fingerprint density at radius 1 is 1.30 bits per heavy atom. The Bertz CT molecular complexity index is 842. The van der Waals surface area contributed by atoms with E-state index in [1.807, 2.05) is 13.0 Å². The molecule has 5 nitrogen and oxygen atoms in total. The molecule has 1 atom stereocenters. The molecular formula is C17H12N2O3S. The quantitative estimate of drug-likeness (QED) is 0.678. The standard InChI is InChI=1S/C17H12N2O3S/c1-10-16(20)19-13-8-11(6-7-15(13)23-10)17(21)22-14-5-3-2-4-12(14)9-18/h2-8,10H,1H3,(H,19,20)/t10-/m1/s1. The van der Waals surface area contributed by atoms with E-state index in [9.17, 15) is 9.59 Å². The van der Waals surface area contributed by atoms with E-state index < -0.39 is 5.97 Å². The van der Waals surface area contributed by atoms with Crippen molar-refractivity contribution in [3.05, 3.63) is 53.6 Å². The molecule has 2 aromatic carbocycles. The average Bonchev–Trinajstić information content (AvgIpc) is 2.56. The number of amides is 1. The number of hydrogen-bond donors (Lipinski definition) is 1. The lowest BCUT2D eigenvalue weighted by Crippen LogP contribution is -2.26. The Morgan fingerprint density at radius 3 is 2.87 bits per heavy atom. The van der Waals surface area contributed by atoms with Crippen LogP contribution < -0.4 is 10.1 Å². The van der Waals surface area contributed by atoms with Crippen LogP contribution in [0.3, 0.4) is 0 Å². The summed E-state index contributed by atoms with van der Waals surface area (Å²) in [6, 6.07) is 13.5.